The van der Waals surface area contributed by atoms with Crippen molar-refractivity contribution in [3.05, 3.63) is 41.2 Å². The fraction of sp³-hybridized carbons (Fsp3) is 0.389. The van der Waals surface area contributed by atoms with Crippen molar-refractivity contribution < 1.29 is 9.59 Å². The summed E-state index contributed by atoms with van der Waals surface area (Å²) in [7, 11) is 1.79. The number of nitrogens with one attached hydrogen (secondary N) is 2. The van der Waals surface area contributed by atoms with Crippen LogP contribution in [0.5, 0.6) is 0 Å². The number of carbonyl (C=O) groups is 2. The first kappa shape index (κ1) is 20.6. The fourth-order valence-corrected chi connectivity index (χ4v) is 3.10. The van der Waals surface area contributed by atoms with Crippen molar-refractivity contribution >= 4 is 34.8 Å². The highest BCUT2D eigenvalue weighted by atomic mass is 35.5. The standard InChI is InChI=1S/C18H23ClN8O2/c1-5-15(27-10-12(19)7-21-27)17(28)24-14-9-22-26(6-2)16(14)18(29)23-13-8-20-25(4)11(13)3/h7-10,15H,5-6H2,1-4H3,(H,23,29)(H,24,28). The normalized spacial score (nSPS) is 12.0. The van der Waals surface area contributed by atoms with Crippen LogP contribution in [-0.4, -0.2) is 41.2 Å². The molecular weight excluding hydrogens is 396 g/mol. The van der Waals surface area contributed by atoms with Crippen molar-refractivity contribution in [1.29, 1.82) is 0 Å². The first-order valence-corrected chi connectivity index (χ1v) is 9.59. The van der Waals surface area contributed by atoms with Crippen LogP contribution in [0.1, 0.15) is 42.5 Å². The van der Waals surface area contributed by atoms with E-state index in [2.05, 4.69) is 25.9 Å². The van der Waals surface area contributed by atoms with Gasteiger partial charge in [0.1, 0.15) is 11.7 Å². The van der Waals surface area contributed by atoms with E-state index in [1.165, 1.54) is 21.8 Å². The molecule has 0 spiro atoms. The molecule has 2 amide bonds. The van der Waals surface area contributed by atoms with E-state index >= 15 is 0 Å². The van der Waals surface area contributed by atoms with E-state index in [0.29, 0.717) is 29.4 Å². The largest absolute Gasteiger partial charge is 0.321 e. The van der Waals surface area contributed by atoms with Crippen LogP contribution in [0.15, 0.2) is 24.8 Å². The minimum absolute atomic E-state index is 0.262. The molecule has 0 saturated heterocycles. The molecule has 3 rings (SSSR count). The summed E-state index contributed by atoms with van der Waals surface area (Å²) in [5.41, 5.74) is 1.99. The van der Waals surface area contributed by atoms with E-state index in [0.717, 1.165) is 5.69 Å². The van der Waals surface area contributed by atoms with Crippen molar-refractivity contribution in [3.63, 3.8) is 0 Å². The van der Waals surface area contributed by atoms with Crippen LogP contribution in [0.3, 0.4) is 0 Å². The molecule has 1 unspecified atom stereocenters. The van der Waals surface area contributed by atoms with E-state index < -0.39 is 6.04 Å². The Bertz CT molecular complexity index is 1030. The molecule has 2 N–H and O–H groups in total. The molecule has 0 aliphatic rings. The van der Waals surface area contributed by atoms with E-state index in [4.69, 9.17) is 11.6 Å². The van der Waals surface area contributed by atoms with E-state index in [9.17, 15) is 9.59 Å². The molecule has 0 aliphatic heterocycles. The monoisotopic (exact) mass is 418 g/mol. The summed E-state index contributed by atoms with van der Waals surface area (Å²) in [5.74, 6) is -0.694. The number of aryl methyl sites for hydroxylation is 2. The van der Waals surface area contributed by atoms with Gasteiger partial charge in [-0.3, -0.25) is 23.6 Å². The number of nitrogens with zero attached hydrogens (tertiary/aromatic N) is 6. The maximum atomic E-state index is 12.9. The third-order valence-corrected chi connectivity index (χ3v) is 4.87. The van der Waals surface area contributed by atoms with E-state index in [1.54, 1.807) is 24.1 Å². The lowest BCUT2D eigenvalue weighted by Crippen LogP contribution is -2.27. The maximum absolute atomic E-state index is 12.9. The van der Waals surface area contributed by atoms with Gasteiger partial charge in [-0.05, 0) is 20.3 Å². The average Bonchev–Trinajstić information content (AvgIpc) is 3.38. The van der Waals surface area contributed by atoms with Crippen LogP contribution in [0.25, 0.3) is 0 Å². The number of halogens is 1. The molecule has 0 aromatic carbocycles. The minimum Gasteiger partial charge on any atom is -0.321 e. The van der Waals surface area contributed by atoms with Crippen molar-refractivity contribution in [2.24, 2.45) is 7.05 Å². The lowest BCUT2D eigenvalue weighted by atomic mass is 10.2. The van der Waals surface area contributed by atoms with Gasteiger partial charge in [0, 0.05) is 19.8 Å². The minimum atomic E-state index is -0.566. The fourth-order valence-electron chi connectivity index (χ4n) is 2.95. The van der Waals surface area contributed by atoms with Crippen molar-refractivity contribution in [3.8, 4) is 0 Å². The van der Waals surface area contributed by atoms with Crippen LogP contribution in [-0.2, 0) is 18.4 Å². The molecule has 3 heterocycles. The molecule has 0 radical (unpaired) electrons. The summed E-state index contributed by atoms with van der Waals surface area (Å²) in [6, 6.07) is -0.566. The van der Waals surface area contributed by atoms with Gasteiger partial charge in [-0.2, -0.15) is 15.3 Å². The lowest BCUT2D eigenvalue weighted by Gasteiger charge is -2.16. The Labute approximate surface area is 172 Å². The maximum Gasteiger partial charge on any atom is 0.276 e. The van der Waals surface area contributed by atoms with Gasteiger partial charge >= 0.3 is 0 Å². The van der Waals surface area contributed by atoms with Crippen LogP contribution in [0.2, 0.25) is 5.02 Å². The van der Waals surface area contributed by atoms with Gasteiger partial charge in [0.2, 0.25) is 5.91 Å². The molecule has 154 valence electrons. The summed E-state index contributed by atoms with van der Waals surface area (Å²) in [6.07, 6.45) is 6.61. The Balaban J connectivity index is 1.85. The molecule has 0 aliphatic carbocycles. The summed E-state index contributed by atoms with van der Waals surface area (Å²) >= 11 is 5.92. The second-order valence-electron chi connectivity index (χ2n) is 6.50. The molecule has 0 fully saturated rings. The topological polar surface area (TPSA) is 112 Å². The van der Waals surface area contributed by atoms with Crippen LogP contribution < -0.4 is 10.6 Å². The Morgan fingerprint density at radius 1 is 1.10 bits per heavy atom. The van der Waals surface area contributed by atoms with E-state index in [-0.39, 0.29) is 17.5 Å². The average molecular weight is 419 g/mol. The highest BCUT2D eigenvalue weighted by molar-refractivity contribution is 6.30. The number of amides is 2. The number of carbonyl (C=O) groups excluding carboxylic acids is 2. The Morgan fingerprint density at radius 2 is 1.83 bits per heavy atom. The lowest BCUT2D eigenvalue weighted by molar-refractivity contribution is -0.119. The Hall–Kier alpha value is -3.14. The van der Waals surface area contributed by atoms with Gasteiger partial charge in [-0.25, -0.2) is 0 Å². The Kier molecular flexibility index (Phi) is 6.02. The van der Waals surface area contributed by atoms with E-state index in [1.807, 2.05) is 20.8 Å². The molecule has 0 saturated carbocycles. The zero-order chi connectivity index (χ0) is 21.1. The molecule has 10 nitrogen and oxygen atoms in total. The van der Waals surface area contributed by atoms with Gasteiger partial charge in [0.25, 0.3) is 5.91 Å². The van der Waals surface area contributed by atoms with Gasteiger partial charge in [-0.15, -0.1) is 0 Å². The molecule has 3 aromatic heterocycles. The van der Waals surface area contributed by atoms with Gasteiger partial charge in [-0.1, -0.05) is 18.5 Å². The summed E-state index contributed by atoms with van der Waals surface area (Å²) in [5, 5.41) is 18.5. The summed E-state index contributed by atoms with van der Waals surface area (Å²) < 4.78 is 4.69. The van der Waals surface area contributed by atoms with Gasteiger partial charge in [0.05, 0.1) is 40.7 Å². The predicted molar refractivity (Wildman–Crippen MR) is 109 cm³/mol. The molecule has 3 aromatic rings. The highest BCUT2D eigenvalue weighted by Crippen LogP contribution is 2.22. The quantitative estimate of drug-likeness (QED) is 0.612. The number of rotatable bonds is 7. The molecule has 29 heavy (non-hydrogen) atoms. The Morgan fingerprint density at radius 3 is 2.38 bits per heavy atom. The molecular formula is C18H23ClN8O2. The predicted octanol–water partition coefficient (Wildman–Crippen LogP) is 2.64. The third kappa shape index (κ3) is 4.16. The van der Waals surface area contributed by atoms with Gasteiger partial charge in [0.15, 0.2) is 0 Å². The van der Waals surface area contributed by atoms with Crippen molar-refractivity contribution in [2.75, 3.05) is 10.6 Å². The van der Waals surface area contributed by atoms with Crippen LogP contribution in [0, 0.1) is 6.92 Å². The van der Waals surface area contributed by atoms with Crippen molar-refractivity contribution in [2.45, 2.75) is 39.8 Å². The zero-order valence-electron chi connectivity index (χ0n) is 16.7. The smallest absolute Gasteiger partial charge is 0.276 e. The third-order valence-electron chi connectivity index (χ3n) is 4.67. The van der Waals surface area contributed by atoms with Gasteiger partial charge < -0.3 is 10.6 Å². The van der Waals surface area contributed by atoms with Crippen molar-refractivity contribution in [1.82, 2.24) is 29.3 Å². The second-order valence-corrected chi connectivity index (χ2v) is 6.93. The molecule has 0 bridgehead atoms. The number of aromatic nitrogens is 6. The second kappa shape index (κ2) is 8.48. The molecule has 11 heteroatoms. The first-order valence-electron chi connectivity index (χ1n) is 9.21. The number of anilines is 2. The van der Waals surface area contributed by atoms with Crippen LogP contribution >= 0.6 is 11.6 Å². The SMILES string of the molecule is CCC(C(=O)Nc1cnn(CC)c1C(=O)Nc1cnn(C)c1C)n1cc(Cl)cn1. The summed E-state index contributed by atoms with van der Waals surface area (Å²) in [4.78, 5) is 25.8. The highest BCUT2D eigenvalue weighted by Gasteiger charge is 2.25. The summed E-state index contributed by atoms with van der Waals surface area (Å²) in [6.45, 7) is 6.06. The number of hydrogen-bond acceptors (Lipinski definition) is 5. The number of hydrogen-bond donors (Lipinski definition) is 2. The van der Waals surface area contributed by atoms with Crippen LogP contribution in [0.4, 0.5) is 11.4 Å². The molecule has 1 atom stereocenters. The first-order chi connectivity index (χ1) is 13.8. The zero-order valence-corrected chi connectivity index (χ0v) is 17.4.